The predicted molar refractivity (Wildman–Crippen MR) is 80.4 cm³/mol. The Bertz CT molecular complexity index is 520. The zero-order valence-electron chi connectivity index (χ0n) is 11.2. The van der Waals surface area contributed by atoms with Gasteiger partial charge in [-0.15, -0.1) is 0 Å². The van der Waals surface area contributed by atoms with Gasteiger partial charge in [-0.25, -0.2) is 0 Å². The van der Waals surface area contributed by atoms with Gasteiger partial charge in [-0.2, -0.15) is 0 Å². The quantitative estimate of drug-likeness (QED) is 0.853. The molecule has 1 amide bonds. The summed E-state index contributed by atoms with van der Waals surface area (Å²) in [5.41, 5.74) is 6.86. The van der Waals surface area contributed by atoms with Crippen molar-refractivity contribution in [3.05, 3.63) is 35.9 Å². The van der Waals surface area contributed by atoms with Gasteiger partial charge < -0.3 is 15.4 Å². The number of hydrogen-bond acceptors (Lipinski definition) is 3. The molecule has 0 radical (unpaired) electrons. The summed E-state index contributed by atoms with van der Waals surface area (Å²) in [5, 5.41) is 0. The molecule has 2 fully saturated rings. The first kappa shape index (κ1) is 13.5. The molecule has 0 aromatic heterocycles. The SMILES string of the molecule is NC(=S)C1CN(C(=O)C2CC2c2ccccc2)CCO1. The lowest BCUT2D eigenvalue weighted by Crippen LogP contribution is -2.50. The predicted octanol–water partition coefficient (Wildman–Crippen LogP) is 1.30. The molecule has 1 saturated carbocycles. The molecule has 2 N–H and O–H groups in total. The Morgan fingerprint density at radius 1 is 1.35 bits per heavy atom. The smallest absolute Gasteiger partial charge is 0.226 e. The summed E-state index contributed by atoms with van der Waals surface area (Å²) in [6, 6.07) is 10.2. The van der Waals surface area contributed by atoms with E-state index in [4.69, 9.17) is 22.7 Å². The van der Waals surface area contributed by atoms with Crippen molar-refractivity contribution in [3.8, 4) is 0 Å². The molecular weight excluding hydrogens is 272 g/mol. The summed E-state index contributed by atoms with van der Waals surface area (Å²) >= 11 is 4.95. The van der Waals surface area contributed by atoms with Gasteiger partial charge in [0.25, 0.3) is 0 Å². The van der Waals surface area contributed by atoms with Crippen LogP contribution in [0.1, 0.15) is 17.9 Å². The molecular formula is C15H18N2O2S. The summed E-state index contributed by atoms with van der Waals surface area (Å²) < 4.78 is 5.47. The Hall–Kier alpha value is -1.46. The van der Waals surface area contributed by atoms with E-state index in [0.717, 1.165) is 6.42 Å². The molecule has 4 nitrogen and oxygen atoms in total. The van der Waals surface area contributed by atoms with Gasteiger partial charge in [0.2, 0.25) is 5.91 Å². The van der Waals surface area contributed by atoms with Crippen molar-refractivity contribution >= 4 is 23.1 Å². The highest BCUT2D eigenvalue weighted by Gasteiger charge is 2.46. The van der Waals surface area contributed by atoms with Gasteiger partial charge in [0.05, 0.1) is 13.2 Å². The third-order valence-corrected chi connectivity index (χ3v) is 4.29. The summed E-state index contributed by atoms with van der Waals surface area (Å²) in [7, 11) is 0. The number of amides is 1. The van der Waals surface area contributed by atoms with Gasteiger partial charge >= 0.3 is 0 Å². The second-order valence-electron chi connectivity index (χ2n) is 5.41. The van der Waals surface area contributed by atoms with Gasteiger partial charge in [-0.05, 0) is 17.9 Å². The maximum Gasteiger partial charge on any atom is 0.226 e. The molecule has 1 aliphatic heterocycles. The van der Waals surface area contributed by atoms with Crippen molar-refractivity contribution in [2.75, 3.05) is 19.7 Å². The minimum atomic E-state index is -0.295. The molecule has 1 aromatic carbocycles. The Kier molecular flexibility index (Phi) is 3.72. The maximum atomic E-state index is 12.5. The average Bonchev–Trinajstić information content (AvgIpc) is 3.28. The first-order chi connectivity index (χ1) is 9.66. The second kappa shape index (κ2) is 5.50. The van der Waals surface area contributed by atoms with E-state index in [1.807, 2.05) is 23.1 Å². The van der Waals surface area contributed by atoms with Gasteiger partial charge in [0, 0.05) is 12.5 Å². The van der Waals surface area contributed by atoms with Crippen molar-refractivity contribution in [2.24, 2.45) is 11.7 Å². The Morgan fingerprint density at radius 3 is 2.80 bits per heavy atom. The number of carbonyl (C=O) groups is 1. The fraction of sp³-hybridized carbons (Fsp3) is 0.467. The molecule has 1 aliphatic carbocycles. The van der Waals surface area contributed by atoms with Crippen LogP contribution in [0.25, 0.3) is 0 Å². The molecule has 0 spiro atoms. The van der Waals surface area contributed by atoms with Crippen LogP contribution in [0, 0.1) is 5.92 Å². The van der Waals surface area contributed by atoms with Crippen molar-refractivity contribution < 1.29 is 9.53 Å². The molecule has 3 rings (SSSR count). The van der Waals surface area contributed by atoms with Crippen molar-refractivity contribution in [3.63, 3.8) is 0 Å². The highest BCUT2D eigenvalue weighted by molar-refractivity contribution is 7.80. The minimum Gasteiger partial charge on any atom is -0.391 e. The number of nitrogens with two attached hydrogens (primary N) is 1. The van der Waals surface area contributed by atoms with E-state index in [1.54, 1.807) is 0 Å². The zero-order valence-corrected chi connectivity index (χ0v) is 12.0. The largest absolute Gasteiger partial charge is 0.391 e. The third kappa shape index (κ3) is 2.69. The molecule has 106 valence electrons. The molecule has 1 heterocycles. The number of morpholine rings is 1. The van der Waals surface area contributed by atoms with E-state index in [9.17, 15) is 4.79 Å². The lowest BCUT2D eigenvalue weighted by Gasteiger charge is -2.32. The van der Waals surface area contributed by atoms with E-state index in [1.165, 1.54) is 5.56 Å². The molecule has 20 heavy (non-hydrogen) atoms. The highest BCUT2D eigenvalue weighted by atomic mass is 32.1. The van der Waals surface area contributed by atoms with E-state index >= 15 is 0 Å². The number of ether oxygens (including phenoxy) is 1. The highest BCUT2D eigenvalue weighted by Crippen LogP contribution is 2.48. The minimum absolute atomic E-state index is 0.113. The molecule has 0 bridgehead atoms. The molecule has 1 saturated heterocycles. The van der Waals surface area contributed by atoms with E-state index in [2.05, 4.69) is 12.1 Å². The van der Waals surface area contributed by atoms with Crippen LogP contribution in [0.5, 0.6) is 0 Å². The Morgan fingerprint density at radius 2 is 2.10 bits per heavy atom. The fourth-order valence-corrected chi connectivity index (χ4v) is 2.94. The summed E-state index contributed by atoms with van der Waals surface area (Å²) in [4.78, 5) is 14.7. The maximum absolute atomic E-state index is 12.5. The summed E-state index contributed by atoms with van der Waals surface area (Å²) in [6.45, 7) is 1.64. The van der Waals surface area contributed by atoms with E-state index in [0.29, 0.717) is 30.6 Å². The number of nitrogens with zero attached hydrogens (tertiary/aromatic N) is 1. The summed E-state index contributed by atoms with van der Waals surface area (Å²) in [5.74, 6) is 0.695. The van der Waals surface area contributed by atoms with Crippen LogP contribution >= 0.6 is 12.2 Å². The van der Waals surface area contributed by atoms with Crippen LogP contribution in [-0.4, -0.2) is 41.6 Å². The molecule has 3 unspecified atom stereocenters. The number of rotatable bonds is 3. The average molecular weight is 290 g/mol. The fourth-order valence-electron chi connectivity index (χ4n) is 2.79. The van der Waals surface area contributed by atoms with Gasteiger partial charge in [0.1, 0.15) is 11.1 Å². The van der Waals surface area contributed by atoms with Gasteiger partial charge in [-0.3, -0.25) is 4.79 Å². The van der Waals surface area contributed by atoms with Crippen LogP contribution in [-0.2, 0) is 9.53 Å². The van der Waals surface area contributed by atoms with Gasteiger partial charge in [0.15, 0.2) is 0 Å². The molecule has 1 aromatic rings. The lowest BCUT2D eigenvalue weighted by molar-refractivity contribution is -0.138. The number of carbonyl (C=O) groups excluding carboxylic acids is 1. The number of hydrogen-bond donors (Lipinski definition) is 1. The lowest BCUT2D eigenvalue weighted by atomic mass is 10.1. The van der Waals surface area contributed by atoms with Crippen LogP contribution in [0.2, 0.25) is 0 Å². The standard InChI is InChI=1S/C15H18N2O2S/c16-14(20)13-9-17(6-7-19-13)15(18)12-8-11(12)10-4-2-1-3-5-10/h1-5,11-13H,6-9H2,(H2,16,20). The monoisotopic (exact) mass is 290 g/mol. The van der Waals surface area contributed by atoms with Crippen molar-refractivity contribution in [2.45, 2.75) is 18.4 Å². The van der Waals surface area contributed by atoms with Gasteiger partial charge in [-0.1, -0.05) is 42.5 Å². The van der Waals surface area contributed by atoms with Crippen LogP contribution in [0.4, 0.5) is 0 Å². The van der Waals surface area contributed by atoms with E-state index < -0.39 is 0 Å². The first-order valence-electron chi connectivity index (χ1n) is 6.91. The zero-order chi connectivity index (χ0) is 14.1. The Labute approximate surface area is 123 Å². The first-order valence-corrected chi connectivity index (χ1v) is 7.32. The topological polar surface area (TPSA) is 55.6 Å². The van der Waals surface area contributed by atoms with Crippen LogP contribution in [0.3, 0.4) is 0 Å². The van der Waals surface area contributed by atoms with Crippen molar-refractivity contribution in [1.82, 2.24) is 4.90 Å². The van der Waals surface area contributed by atoms with Crippen LogP contribution in [0.15, 0.2) is 30.3 Å². The van der Waals surface area contributed by atoms with Crippen LogP contribution < -0.4 is 5.73 Å². The molecule has 3 atom stereocenters. The van der Waals surface area contributed by atoms with Crippen molar-refractivity contribution in [1.29, 1.82) is 0 Å². The molecule has 5 heteroatoms. The second-order valence-corrected chi connectivity index (χ2v) is 5.88. The number of thiocarbonyl (C=S) groups is 1. The third-order valence-electron chi connectivity index (χ3n) is 4.03. The van der Waals surface area contributed by atoms with E-state index in [-0.39, 0.29) is 17.9 Å². The normalized spacial score (nSPS) is 29.0. The number of benzene rings is 1. The Balaban J connectivity index is 1.62. The molecule has 2 aliphatic rings. The summed E-state index contributed by atoms with van der Waals surface area (Å²) in [6.07, 6.45) is 0.648.